The zero-order valence-electron chi connectivity index (χ0n) is 37.9. The van der Waals surface area contributed by atoms with Crippen molar-refractivity contribution in [2.75, 3.05) is 47.5 Å². The highest BCUT2D eigenvalue weighted by Crippen LogP contribution is 2.38. The number of rotatable bonds is 41. The fourth-order valence-corrected chi connectivity index (χ4v) is 6.56. The van der Waals surface area contributed by atoms with E-state index in [1.54, 1.807) is 12.2 Å². The summed E-state index contributed by atoms with van der Waals surface area (Å²) in [6.07, 6.45) is 43.8. The quantitative estimate of drug-likeness (QED) is 0.0112. The van der Waals surface area contributed by atoms with E-state index in [0.29, 0.717) is 36.7 Å². The van der Waals surface area contributed by atoms with Gasteiger partial charge in [0.05, 0.1) is 27.7 Å². The summed E-state index contributed by atoms with van der Waals surface area (Å²) in [4.78, 5) is 49.3. The number of unbranched alkanes of at least 4 members (excludes halogenated alkanes) is 16. The Morgan fingerprint density at radius 3 is 1.73 bits per heavy atom. The minimum Gasteiger partial charge on any atom is -0.756 e. The maximum absolute atomic E-state index is 12.7. The standard InChI is InChI=1S/C48H84NO9P/c1-6-8-10-11-12-13-14-15-16-17-18-19-22-26-29-32-36-40-48(52)58-46(44-57-59(53,54)56-42-41-49(3,4)5)43-55-47(51)39-35-31-28-25-23-20-21-24-27-30-34-38-45(50)37-33-9-7-2/h15-16,20-21,25,27-28,30,34,38,46H,6-14,17-19,22-24,26,29,31-33,35-37,39-44H2,1-5H3/b16-15-,21-20-,28-25-,30-27-,38-34+/t46-/m1/s1. The zero-order valence-corrected chi connectivity index (χ0v) is 38.8. The van der Waals surface area contributed by atoms with Crippen LogP contribution in [0.3, 0.4) is 0 Å². The van der Waals surface area contributed by atoms with E-state index in [0.717, 1.165) is 57.8 Å². The lowest BCUT2D eigenvalue weighted by atomic mass is 10.1. The molecule has 0 aromatic heterocycles. The molecule has 0 heterocycles. The maximum atomic E-state index is 12.7. The number of quaternary nitrogens is 1. The van der Waals surface area contributed by atoms with Crippen molar-refractivity contribution in [2.45, 2.75) is 180 Å². The Hall–Kier alpha value is -2.62. The van der Waals surface area contributed by atoms with E-state index in [1.165, 1.54) is 64.2 Å². The molecule has 0 N–H and O–H groups in total. The predicted molar refractivity (Wildman–Crippen MR) is 241 cm³/mol. The monoisotopic (exact) mass is 850 g/mol. The molecule has 0 aromatic rings. The van der Waals surface area contributed by atoms with Crippen LogP contribution in [0.2, 0.25) is 0 Å². The summed E-state index contributed by atoms with van der Waals surface area (Å²) < 4.78 is 33.8. The van der Waals surface area contributed by atoms with Crippen molar-refractivity contribution in [3.8, 4) is 0 Å². The minimum atomic E-state index is -4.65. The van der Waals surface area contributed by atoms with E-state index in [-0.39, 0.29) is 31.8 Å². The number of allylic oxidation sites excluding steroid dienone is 10. The van der Waals surface area contributed by atoms with Gasteiger partial charge < -0.3 is 27.9 Å². The Balaban J connectivity index is 4.48. The van der Waals surface area contributed by atoms with Gasteiger partial charge in [-0.05, 0) is 70.3 Å². The second-order valence-corrected chi connectivity index (χ2v) is 17.9. The van der Waals surface area contributed by atoms with Crippen molar-refractivity contribution in [1.82, 2.24) is 0 Å². The number of likely N-dealkylation sites (N-methyl/N-ethyl adjacent to an activating group) is 1. The second kappa shape index (κ2) is 39.5. The molecule has 0 radical (unpaired) electrons. The highest BCUT2D eigenvalue weighted by Gasteiger charge is 2.21. The third-order valence-corrected chi connectivity index (χ3v) is 10.5. The van der Waals surface area contributed by atoms with Crippen LogP contribution in [0.25, 0.3) is 0 Å². The van der Waals surface area contributed by atoms with E-state index >= 15 is 0 Å². The highest BCUT2D eigenvalue weighted by atomic mass is 31.2. The number of phosphoric acid groups is 1. The second-order valence-electron chi connectivity index (χ2n) is 16.4. The number of hydrogen-bond donors (Lipinski definition) is 0. The van der Waals surface area contributed by atoms with Gasteiger partial charge in [-0.2, -0.15) is 0 Å². The van der Waals surface area contributed by atoms with Gasteiger partial charge in [-0.1, -0.05) is 146 Å². The molecule has 0 bridgehead atoms. The van der Waals surface area contributed by atoms with Gasteiger partial charge in [0, 0.05) is 19.3 Å². The van der Waals surface area contributed by atoms with E-state index in [9.17, 15) is 23.8 Å². The summed E-state index contributed by atoms with van der Waals surface area (Å²) >= 11 is 0. The molecule has 1 unspecified atom stereocenters. The Labute approximate surface area is 360 Å². The van der Waals surface area contributed by atoms with Crippen molar-refractivity contribution >= 4 is 25.5 Å². The summed E-state index contributed by atoms with van der Waals surface area (Å²) in [5, 5.41) is 0. The predicted octanol–water partition coefficient (Wildman–Crippen LogP) is 11.8. The lowest BCUT2D eigenvalue weighted by Gasteiger charge is -2.28. The van der Waals surface area contributed by atoms with Gasteiger partial charge in [-0.15, -0.1) is 0 Å². The molecule has 0 amide bonds. The summed E-state index contributed by atoms with van der Waals surface area (Å²) in [6, 6.07) is 0. The van der Waals surface area contributed by atoms with Crippen molar-refractivity contribution in [1.29, 1.82) is 0 Å². The molecule has 11 heteroatoms. The number of ketones is 1. The average Bonchev–Trinajstić information content (AvgIpc) is 3.18. The first-order valence-corrected chi connectivity index (χ1v) is 24.4. The van der Waals surface area contributed by atoms with Gasteiger partial charge in [-0.3, -0.25) is 18.9 Å². The van der Waals surface area contributed by atoms with Crippen LogP contribution in [-0.4, -0.2) is 75.8 Å². The van der Waals surface area contributed by atoms with Crippen molar-refractivity contribution in [3.63, 3.8) is 0 Å². The maximum Gasteiger partial charge on any atom is 0.306 e. The molecule has 340 valence electrons. The first kappa shape index (κ1) is 56.4. The van der Waals surface area contributed by atoms with E-state index < -0.39 is 32.5 Å². The molecule has 0 saturated carbocycles. The van der Waals surface area contributed by atoms with Gasteiger partial charge in [0.25, 0.3) is 7.82 Å². The SMILES string of the molecule is CCCCCCCC/C=C\CCCCCCCCCC(=O)O[C@H](COC(=O)CCC/C=C\C/C=C\C/C=C\C=C\C(=O)CCCCC)COP(=O)([O-])OCC[N+](C)(C)C. The van der Waals surface area contributed by atoms with Crippen LogP contribution in [0.15, 0.2) is 60.8 Å². The Morgan fingerprint density at radius 1 is 0.576 bits per heavy atom. The first-order chi connectivity index (χ1) is 28.4. The molecule has 0 aliphatic carbocycles. The van der Waals surface area contributed by atoms with Crippen molar-refractivity contribution in [2.24, 2.45) is 0 Å². The average molecular weight is 850 g/mol. The number of hydrogen-bond acceptors (Lipinski definition) is 9. The van der Waals surface area contributed by atoms with Gasteiger partial charge in [-0.25, -0.2) is 0 Å². The molecule has 0 fully saturated rings. The summed E-state index contributed by atoms with van der Waals surface area (Å²) in [5.41, 5.74) is 0. The van der Waals surface area contributed by atoms with Crippen LogP contribution >= 0.6 is 7.82 Å². The molecule has 2 atom stereocenters. The molecule has 0 rings (SSSR count). The minimum absolute atomic E-state index is 0.0522. The van der Waals surface area contributed by atoms with E-state index in [2.05, 4.69) is 38.2 Å². The Bertz CT molecular complexity index is 1250. The number of ether oxygens (including phenoxy) is 2. The van der Waals surface area contributed by atoms with Crippen molar-refractivity contribution < 1.29 is 46.8 Å². The van der Waals surface area contributed by atoms with Gasteiger partial charge in [0.1, 0.15) is 19.8 Å². The van der Waals surface area contributed by atoms with E-state index in [1.807, 2.05) is 45.4 Å². The van der Waals surface area contributed by atoms with Gasteiger partial charge in [0.15, 0.2) is 11.9 Å². The summed E-state index contributed by atoms with van der Waals surface area (Å²) in [5.74, 6) is -0.774. The zero-order chi connectivity index (χ0) is 43.7. The third kappa shape index (κ3) is 43.3. The highest BCUT2D eigenvalue weighted by molar-refractivity contribution is 7.45. The first-order valence-electron chi connectivity index (χ1n) is 22.9. The molecule has 59 heavy (non-hydrogen) atoms. The Kier molecular flexibility index (Phi) is 37.8. The number of nitrogens with zero attached hydrogens (tertiary/aromatic N) is 1. The van der Waals surface area contributed by atoms with Gasteiger partial charge in [0.2, 0.25) is 0 Å². The number of carbonyl (C=O) groups excluding carboxylic acids is 3. The molecular weight excluding hydrogens is 766 g/mol. The van der Waals surface area contributed by atoms with Gasteiger partial charge >= 0.3 is 11.9 Å². The van der Waals surface area contributed by atoms with Crippen LogP contribution in [0.5, 0.6) is 0 Å². The van der Waals surface area contributed by atoms with Crippen LogP contribution in [-0.2, 0) is 37.5 Å². The normalized spacial score (nSPS) is 14.0. The fraction of sp³-hybridized carbons (Fsp3) is 0.729. The molecule has 0 aromatic carbocycles. The number of phosphoric ester groups is 1. The molecule has 0 spiro atoms. The third-order valence-electron chi connectivity index (χ3n) is 9.49. The molecule has 0 saturated heterocycles. The van der Waals surface area contributed by atoms with E-state index in [4.69, 9.17) is 18.5 Å². The van der Waals surface area contributed by atoms with Crippen LogP contribution < -0.4 is 4.89 Å². The number of esters is 2. The fourth-order valence-electron chi connectivity index (χ4n) is 5.83. The molecule has 0 aliphatic heterocycles. The molecular formula is C48H84NO9P. The topological polar surface area (TPSA) is 128 Å². The lowest BCUT2D eigenvalue weighted by molar-refractivity contribution is -0.870. The summed E-state index contributed by atoms with van der Waals surface area (Å²) in [7, 11) is 1.09. The number of carbonyl (C=O) groups is 3. The smallest absolute Gasteiger partial charge is 0.306 e. The largest absolute Gasteiger partial charge is 0.756 e. The summed E-state index contributed by atoms with van der Waals surface area (Å²) in [6.45, 7) is 3.97. The van der Waals surface area contributed by atoms with Crippen LogP contribution in [0, 0.1) is 0 Å². The molecule has 0 aliphatic rings. The van der Waals surface area contributed by atoms with Crippen LogP contribution in [0.1, 0.15) is 174 Å². The molecule has 10 nitrogen and oxygen atoms in total. The van der Waals surface area contributed by atoms with Crippen molar-refractivity contribution in [3.05, 3.63) is 60.8 Å². The van der Waals surface area contributed by atoms with Crippen LogP contribution in [0.4, 0.5) is 0 Å². The lowest BCUT2D eigenvalue weighted by Crippen LogP contribution is -2.37. The Morgan fingerprint density at radius 2 is 1.08 bits per heavy atom.